The Balaban J connectivity index is 2.87. The highest BCUT2D eigenvalue weighted by Crippen LogP contribution is 2.27. The van der Waals surface area contributed by atoms with Gasteiger partial charge in [-0.2, -0.15) is 0 Å². The normalized spacial score (nSPS) is 12.5. The monoisotopic (exact) mass is 252 g/mol. The lowest BCUT2D eigenvalue weighted by atomic mass is 10.1. The van der Waals surface area contributed by atoms with E-state index in [-0.39, 0.29) is 6.42 Å². The van der Waals surface area contributed by atoms with Gasteiger partial charge in [0.25, 0.3) is 0 Å². The van der Waals surface area contributed by atoms with E-state index in [0.29, 0.717) is 15.6 Å². The Hall–Kier alpha value is -0.440. The molecule has 0 heterocycles. The van der Waals surface area contributed by atoms with Crippen molar-refractivity contribution in [3.63, 3.8) is 0 Å². The molecule has 5 heteroatoms. The standard InChI is InChI=1S/C9H7Cl3O2/c10-6-3-1-2-5(8(6)12)4-7(11)9(13)14/h1-3,7H,4H2,(H,13,14). The summed E-state index contributed by atoms with van der Waals surface area (Å²) in [6, 6.07) is 5.04. The molecule has 1 atom stereocenters. The van der Waals surface area contributed by atoms with Gasteiger partial charge < -0.3 is 5.11 Å². The number of carboxylic acids is 1. The smallest absolute Gasteiger partial charge is 0.321 e. The summed E-state index contributed by atoms with van der Waals surface area (Å²) in [5.41, 5.74) is 0.640. The van der Waals surface area contributed by atoms with Gasteiger partial charge in [0.05, 0.1) is 10.0 Å². The molecule has 1 N–H and O–H groups in total. The minimum Gasteiger partial charge on any atom is -0.480 e. The summed E-state index contributed by atoms with van der Waals surface area (Å²) in [5.74, 6) is -1.07. The van der Waals surface area contributed by atoms with Crippen molar-refractivity contribution in [2.45, 2.75) is 11.8 Å². The maximum absolute atomic E-state index is 10.5. The second kappa shape index (κ2) is 4.87. The summed E-state index contributed by atoms with van der Waals surface area (Å²) in [6.07, 6.45) is 0.163. The Morgan fingerprint density at radius 3 is 2.64 bits per heavy atom. The zero-order valence-electron chi connectivity index (χ0n) is 7.01. The van der Waals surface area contributed by atoms with Crippen molar-refractivity contribution in [3.8, 4) is 0 Å². The molecule has 0 saturated heterocycles. The molecule has 0 aliphatic rings. The highest BCUT2D eigenvalue weighted by Gasteiger charge is 2.16. The first-order valence-electron chi connectivity index (χ1n) is 3.82. The fourth-order valence-corrected chi connectivity index (χ4v) is 1.55. The van der Waals surface area contributed by atoms with Gasteiger partial charge in [-0.25, -0.2) is 0 Å². The van der Waals surface area contributed by atoms with Crippen LogP contribution in [0.5, 0.6) is 0 Å². The summed E-state index contributed by atoms with van der Waals surface area (Å²) in [7, 11) is 0. The summed E-state index contributed by atoms with van der Waals surface area (Å²) in [5, 5.41) is 8.38. The van der Waals surface area contributed by atoms with Crippen LogP contribution in [0.2, 0.25) is 10.0 Å². The van der Waals surface area contributed by atoms with Crippen LogP contribution in [0.4, 0.5) is 0 Å². The van der Waals surface area contributed by atoms with E-state index < -0.39 is 11.3 Å². The SMILES string of the molecule is O=C(O)C(Cl)Cc1cccc(Cl)c1Cl. The van der Waals surface area contributed by atoms with Crippen molar-refractivity contribution in [2.75, 3.05) is 0 Å². The molecule has 1 aromatic carbocycles. The second-order valence-electron chi connectivity index (χ2n) is 2.72. The average Bonchev–Trinajstić information content (AvgIpc) is 2.12. The number of benzene rings is 1. The molecule has 0 radical (unpaired) electrons. The fourth-order valence-electron chi connectivity index (χ4n) is 0.986. The third kappa shape index (κ3) is 2.77. The number of hydrogen-bond donors (Lipinski definition) is 1. The van der Waals surface area contributed by atoms with Crippen molar-refractivity contribution in [1.82, 2.24) is 0 Å². The van der Waals surface area contributed by atoms with Gasteiger partial charge in [-0.3, -0.25) is 4.79 Å². The predicted molar refractivity (Wildman–Crippen MR) is 57.4 cm³/mol. The molecule has 0 spiro atoms. The van der Waals surface area contributed by atoms with Gasteiger partial charge in [-0.15, -0.1) is 11.6 Å². The van der Waals surface area contributed by atoms with Crippen LogP contribution in [0.15, 0.2) is 18.2 Å². The molecule has 0 bridgehead atoms. The molecule has 1 aromatic rings. The molecule has 14 heavy (non-hydrogen) atoms. The van der Waals surface area contributed by atoms with Crippen LogP contribution < -0.4 is 0 Å². The molecule has 0 amide bonds. The molecule has 1 rings (SSSR count). The maximum Gasteiger partial charge on any atom is 0.321 e. The van der Waals surface area contributed by atoms with Crippen molar-refractivity contribution >= 4 is 40.8 Å². The van der Waals surface area contributed by atoms with E-state index in [9.17, 15) is 4.79 Å². The van der Waals surface area contributed by atoms with Crippen LogP contribution in [0.25, 0.3) is 0 Å². The maximum atomic E-state index is 10.5. The summed E-state index contributed by atoms with van der Waals surface area (Å²) < 4.78 is 0. The Morgan fingerprint density at radius 1 is 1.43 bits per heavy atom. The van der Waals surface area contributed by atoms with Crippen molar-refractivity contribution in [3.05, 3.63) is 33.8 Å². The lowest BCUT2D eigenvalue weighted by molar-refractivity contribution is -0.136. The molecular weight excluding hydrogens is 246 g/mol. The number of carbonyl (C=O) groups is 1. The summed E-state index contributed by atoms with van der Waals surface area (Å²) in [6.45, 7) is 0. The van der Waals surface area contributed by atoms with Crippen LogP contribution >= 0.6 is 34.8 Å². The molecule has 1 unspecified atom stereocenters. The Bertz CT molecular complexity index is 352. The number of rotatable bonds is 3. The minimum absolute atomic E-state index is 0.163. The van der Waals surface area contributed by atoms with Crippen LogP contribution in [0.1, 0.15) is 5.56 Å². The number of aliphatic carboxylic acids is 1. The van der Waals surface area contributed by atoms with E-state index >= 15 is 0 Å². The van der Waals surface area contributed by atoms with Crippen molar-refractivity contribution in [1.29, 1.82) is 0 Å². The van der Waals surface area contributed by atoms with Gasteiger partial charge in [0.1, 0.15) is 5.38 Å². The summed E-state index contributed by atoms with van der Waals surface area (Å²) in [4.78, 5) is 10.5. The lowest BCUT2D eigenvalue weighted by Crippen LogP contribution is -2.16. The Kier molecular flexibility index (Phi) is 4.05. The zero-order chi connectivity index (χ0) is 10.7. The van der Waals surface area contributed by atoms with Crippen LogP contribution in [0.3, 0.4) is 0 Å². The van der Waals surface area contributed by atoms with Crippen molar-refractivity contribution in [2.24, 2.45) is 0 Å². The van der Waals surface area contributed by atoms with Gasteiger partial charge in [0.2, 0.25) is 0 Å². The second-order valence-corrected chi connectivity index (χ2v) is 4.03. The highest BCUT2D eigenvalue weighted by atomic mass is 35.5. The topological polar surface area (TPSA) is 37.3 Å². The van der Waals surface area contributed by atoms with Gasteiger partial charge in [-0.05, 0) is 11.6 Å². The van der Waals surface area contributed by atoms with Gasteiger partial charge >= 0.3 is 5.97 Å². The first-order chi connectivity index (χ1) is 6.52. The third-order valence-corrected chi connectivity index (χ3v) is 2.90. The van der Waals surface area contributed by atoms with E-state index in [2.05, 4.69) is 0 Å². The minimum atomic E-state index is -1.07. The first kappa shape index (κ1) is 11.6. The quantitative estimate of drug-likeness (QED) is 0.840. The lowest BCUT2D eigenvalue weighted by Gasteiger charge is -2.07. The van der Waals surface area contributed by atoms with Crippen LogP contribution in [0, 0.1) is 0 Å². The third-order valence-electron chi connectivity index (χ3n) is 1.70. The number of halogens is 3. The zero-order valence-corrected chi connectivity index (χ0v) is 9.27. The van der Waals surface area contributed by atoms with Crippen molar-refractivity contribution < 1.29 is 9.90 Å². The largest absolute Gasteiger partial charge is 0.480 e. The van der Waals surface area contributed by atoms with Crippen LogP contribution in [-0.2, 0) is 11.2 Å². The van der Waals surface area contributed by atoms with Crippen LogP contribution in [-0.4, -0.2) is 16.5 Å². The molecule has 0 aliphatic carbocycles. The van der Waals surface area contributed by atoms with E-state index in [0.717, 1.165) is 0 Å². The molecule has 2 nitrogen and oxygen atoms in total. The van der Waals surface area contributed by atoms with Gasteiger partial charge in [0.15, 0.2) is 0 Å². The van der Waals surface area contributed by atoms with E-state index in [4.69, 9.17) is 39.9 Å². The predicted octanol–water partition coefficient (Wildman–Crippen LogP) is 3.23. The summed E-state index contributed by atoms with van der Waals surface area (Å²) >= 11 is 17.2. The molecule has 76 valence electrons. The molecule has 0 aliphatic heterocycles. The Morgan fingerprint density at radius 2 is 2.07 bits per heavy atom. The van der Waals surface area contributed by atoms with Gasteiger partial charge in [0, 0.05) is 6.42 Å². The number of hydrogen-bond acceptors (Lipinski definition) is 1. The van der Waals surface area contributed by atoms with E-state index in [1.54, 1.807) is 18.2 Å². The highest BCUT2D eigenvalue weighted by molar-refractivity contribution is 6.42. The number of alkyl halides is 1. The molecule has 0 aromatic heterocycles. The first-order valence-corrected chi connectivity index (χ1v) is 5.01. The van der Waals surface area contributed by atoms with E-state index in [1.807, 2.05) is 0 Å². The molecule has 0 saturated carbocycles. The Labute approximate surface area is 96.4 Å². The average molecular weight is 254 g/mol. The molecular formula is C9H7Cl3O2. The van der Waals surface area contributed by atoms with E-state index in [1.165, 1.54) is 0 Å². The fraction of sp³-hybridized carbons (Fsp3) is 0.222. The number of carboxylic acid groups (broad SMARTS) is 1. The van der Waals surface area contributed by atoms with Gasteiger partial charge in [-0.1, -0.05) is 35.3 Å². The molecule has 0 fully saturated rings.